The average molecular weight is 578 g/mol. The Morgan fingerprint density at radius 1 is 0.707 bits per heavy atom. The van der Waals surface area contributed by atoms with Crippen LogP contribution < -0.4 is 0 Å². The number of rotatable bonds is 29. The largest absolute Gasteiger partial charge is 0.466 e. The molecule has 0 fully saturated rings. The predicted octanol–water partition coefficient (Wildman–Crippen LogP) is 10.6. The third-order valence-electron chi connectivity index (χ3n) is 8.10. The summed E-state index contributed by atoms with van der Waals surface area (Å²) in [6.07, 6.45) is 31.8. The Morgan fingerprint density at radius 2 is 1.24 bits per heavy atom. The second-order valence-corrected chi connectivity index (χ2v) is 11.8. The van der Waals surface area contributed by atoms with E-state index in [-0.39, 0.29) is 5.97 Å². The van der Waals surface area contributed by atoms with Gasteiger partial charge in [-0.1, -0.05) is 131 Å². The Kier molecular flexibility index (Phi) is 30.5. The summed E-state index contributed by atoms with van der Waals surface area (Å²) < 4.78 is 7.80. The van der Waals surface area contributed by atoms with Crippen LogP contribution in [0, 0.1) is 5.92 Å². The lowest BCUT2D eigenvalue weighted by atomic mass is 9.92. The van der Waals surface area contributed by atoms with Gasteiger partial charge in [-0.05, 0) is 57.7 Å². The summed E-state index contributed by atoms with van der Waals surface area (Å²) in [5.41, 5.74) is 0. The van der Waals surface area contributed by atoms with Crippen LogP contribution in [0.4, 0.5) is 0 Å². The summed E-state index contributed by atoms with van der Waals surface area (Å²) in [4.78, 5) is 19.1. The van der Waals surface area contributed by atoms with Crippen LogP contribution in [0.5, 0.6) is 0 Å². The second kappa shape index (κ2) is 31.6. The summed E-state index contributed by atoms with van der Waals surface area (Å²) in [5, 5.41) is 0. The summed E-state index contributed by atoms with van der Waals surface area (Å²) >= 11 is 0. The molecule has 1 heterocycles. The summed E-state index contributed by atoms with van der Waals surface area (Å²) in [7, 11) is 0. The van der Waals surface area contributed by atoms with Crippen LogP contribution in [-0.2, 0) is 16.1 Å². The van der Waals surface area contributed by atoms with Crippen LogP contribution >= 0.6 is 0 Å². The standard InChI is InChI=1S/C34H65N3O2.C2H6/c1-4-7-10-13-18-26-36(28-20-29-37-30-25-35-32-37)27-19-14-11-12-17-23-34(38)39-31-24-33(21-15-8-5-2)22-16-9-6-3;1-2/h25,30,32-33H,4-24,26-29,31H2,1-3H3;1-2H3. The SMILES string of the molecule is CC.CCCCCCCN(CCCCCCCC(=O)OCCC(CCCCC)CCCCC)CCCn1ccnc1. The fraction of sp³-hybridized carbons (Fsp3) is 0.889. The summed E-state index contributed by atoms with van der Waals surface area (Å²) in [6, 6.07) is 0. The lowest BCUT2D eigenvalue weighted by molar-refractivity contribution is -0.144. The van der Waals surface area contributed by atoms with Crippen molar-refractivity contribution in [3.63, 3.8) is 0 Å². The number of carbonyl (C=O) groups excluding carboxylic acids is 1. The summed E-state index contributed by atoms with van der Waals surface area (Å²) in [6.45, 7) is 16.1. The number of aryl methyl sites for hydroxylation is 1. The minimum absolute atomic E-state index is 0.0167. The molecule has 5 nitrogen and oxygen atoms in total. The van der Waals surface area contributed by atoms with Gasteiger partial charge in [-0.3, -0.25) is 4.79 Å². The molecule has 0 radical (unpaired) electrons. The van der Waals surface area contributed by atoms with E-state index in [0.717, 1.165) is 31.7 Å². The number of hydrogen-bond acceptors (Lipinski definition) is 4. The van der Waals surface area contributed by atoms with E-state index in [4.69, 9.17) is 4.74 Å². The van der Waals surface area contributed by atoms with Crippen molar-refractivity contribution in [3.8, 4) is 0 Å². The molecule has 0 spiro atoms. The molecule has 0 atom stereocenters. The van der Waals surface area contributed by atoms with E-state index < -0.39 is 0 Å². The van der Waals surface area contributed by atoms with E-state index in [1.54, 1.807) is 0 Å². The zero-order chi connectivity index (χ0) is 30.2. The molecule has 0 aromatic carbocycles. The fourth-order valence-corrected chi connectivity index (χ4v) is 5.52. The first-order valence-corrected chi connectivity index (χ1v) is 18.0. The van der Waals surface area contributed by atoms with Crippen LogP contribution in [-0.4, -0.2) is 46.7 Å². The Labute approximate surface area is 256 Å². The van der Waals surface area contributed by atoms with E-state index in [0.29, 0.717) is 13.0 Å². The van der Waals surface area contributed by atoms with Crippen molar-refractivity contribution in [2.24, 2.45) is 5.92 Å². The van der Waals surface area contributed by atoms with E-state index in [9.17, 15) is 4.79 Å². The number of aromatic nitrogens is 2. The molecule has 0 aliphatic rings. The Hall–Kier alpha value is -1.36. The van der Waals surface area contributed by atoms with Crippen LogP contribution in [0.15, 0.2) is 18.7 Å². The highest BCUT2D eigenvalue weighted by molar-refractivity contribution is 5.69. The van der Waals surface area contributed by atoms with E-state index in [2.05, 4.69) is 41.4 Å². The van der Waals surface area contributed by atoms with Crippen molar-refractivity contribution in [3.05, 3.63) is 18.7 Å². The molecule has 0 bridgehead atoms. The molecule has 0 unspecified atom stereocenters. The fourth-order valence-electron chi connectivity index (χ4n) is 5.52. The van der Waals surface area contributed by atoms with Crippen molar-refractivity contribution >= 4 is 5.97 Å². The first-order chi connectivity index (χ1) is 20.2. The Balaban J connectivity index is 0.00000781. The molecule has 0 N–H and O–H groups in total. The zero-order valence-corrected chi connectivity index (χ0v) is 28.4. The number of unbranched alkanes of at least 4 members (excludes halogenated alkanes) is 12. The highest BCUT2D eigenvalue weighted by Crippen LogP contribution is 2.21. The molecule has 0 saturated carbocycles. The maximum atomic E-state index is 12.2. The van der Waals surface area contributed by atoms with Gasteiger partial charge >= 0.3 is 5.97 Å². The van der Waals surface area contributed by atoms with Crippen LogP contribution in [0.1, 0.15) is 169 Å². The first kappa shape index (κ1) is 39.6. The molecule has 0 aliphatic carbocycles. The van der Waals surface area contributed by atoms with Gasteiger partial charge in [0.1, 0.15) is 0 Å². The van der Waals surface area contributed by atoms with Crippen LogP contribution in [0.2, 0.25) is 0 Å². The van der Waals surface area contributed by atoms with E-state index in [1.807, 2.05) is 26.4 Å². The average Bonchev–Trinajstić information content (AvgIpc) is 3.51. The number of ether oxygens (including phenoxy) is 1. The van der Waals surface area contributed by atoms with Gasteiger partial charge in [-0.15, -0.1) is 0 Å². The smallest absolute Gasteiger partial charge is 0.305 e. The van der Waals surface area contributed by atoms with Crippen molar-refractivity contribution in [2.45, 2.75) is 176 Å². The maximum absolute atomic E-state index is 12.2. The van der Waals surface area contributed by atoms with Crippen LogP contribution in [0.25, 0.3) is 0 Å². The first-order valence-electron chi connectivity index (χ1n) is 18.0. The van der Waals surface area contributed by atoms with Gasteiger partial charge in [-0.25, -0.2) is 4.98 Å². The minimum atomic E-state index is 0.0167. The third-order valence-corrected chi connectivity index (χ3v) is 8.10. The van der Waals surface area contributed by atoms with Gasteiger partial charge in [0, 0.05) is 25.4 Å². The molecule has 1 rings (SSSR count). The lowest BCUT2D eigenvalue weighted by Crippen LogP contribution is -2.28. The molecule has 0 aliphatic heterocycles. The molecule has 0 saturated heterocycles. The highest BCUT2D eigenvalue weighted by Gasteiger charge is 2.11. The van der Waals surface area contributed by atoms with Gasteiger partial charge in [0.2, 0.25) is 0 Å². The van der Waals surface area contributed by atoms with Crippen molar-refractivity contribution in [1.82, 2.24) is 14.5 Å². The molecule has 5 heteroatoms. The van der Waals surface area contributed by atoms with Gasteiger partial charge in [0.15, 0.2) is 0 Å². The molecule has 0 amide bonds. The van der Waals surface area contributed by atoms with Crippen LogP contribution in [0.3, 0.4) is 0 Å². The maximum Gasteiger partial charge on any atom is 0.305 e. The topological polar surface area (TPSA) is 47.4 Å². The summed E-state index contributed by atoms with van der Waals surface area (Å²) in [5.74, 6) is 0.751. The molecule has 1 aromatic rings. The molecular formula is C36H71N3O2. The molecule has 242 valence electrons. The number of imidazole rings is 1. The van der Waals surface area contributed by atoms with Gasteiger partial charge in [0.05, 0.1) is 12.9 Å². The Morgan fingerprint density at radius 3 is 1.83 bits per heavy atom. The quantitative estimate of drug-likeness (QED) is 0.0702. The van der Waals surface area contributed by atoms with E-state index in [1.165, 1.54) is 129 Å². The van der Waals surface area contributed by atoms with Crippen molar-refractivity contribution in [1.29, 1.82) is 0 Å². The van der Waals surface area contributed by atoms with Crippen molar-refractivity contribution in [2.75, 3.05) is 26.2 Å². The van der Waals surface area contributed by atoms with Gasteiger partial charge < -0.3 is 14.2 Å². The van der Waals surface area contributed by atoms with Crippen molar-refractivity contribution < 1.29 is 9.53 Å². The second-order valence-electron chi connectivity index (χ2n) is 11.8. The monoisotopic (exact) mass is 578 g/mol. The normalized spacial score (nSPS) is 11.2. The van der Waals surface area contributed by atoms with E-state index >= 15 is 0 Å². The molecule has 1 aromatic heterocycles. The zero-order valence-electron chi connectivity index (χ0n) is 28.4. The molecule has 41 heavy (non-hydrogen) atoms. The Bertz CT molecular complexity index is 625. The third kappa shape index (κ3) is 26.0. The van der Waals surface area contributed by atoms with Gasteiger partial charge in [-0.2, -0.15) is 0 Å². The lowest BCUT2D eigenvalue weighted by Gasteiger charge is -2.22. The predicted molar refractivity (Wildman–Crippen MR) is 178 cm³/mol. The van der Waals surface area contributed by atoms with Gasteiger partial charge in [0.25, 0.3) is 0 Å². The number of nitrogens with zero attached hydrogens (tertiary/aromatic N) is 3. The number of hydrogen-bond donors (Lipinski definition) is 0. The number of esters is 1. The minimum Gasteiger partial charge on any atom is -0.466 e. The highest BCUT2D eigenvalue weighted by atomic mass is 16.5. The number of carbonyl (C=O) groups is 1. The molecular weight excluding hydrogens is 506 g/mol.